The van der Waals surface area contributed by atoms with E-state index in [1.54, 1.807) is 6.07 Å². The fourth-order valence-corrected chi connectivity index (χ4v) is 2.92. The molecule has 4 nitrogen and oxygen atoms in total. The third-order valence-electron chi connectivity index (χ3n) is 4.05. The van der Waals surface area contributed by atoms with Crippen LogP contribution >= 0.6 is 15.9 Å². The van der Waals surface area contributed by atoms with Gasteiger partial charge < -0.3 is 10.6 Å². The first-order valence-electron chi connectivity index (χ1n) is 7.35. The van der Waals surface area contributed by atoms with Crippen LogP contribution in [-0.4, -0.2) is 17.9 Å². The number of rotatable bonds is 2. The van der Waals surface area contributed by atoms with Crippen LogP contribution in [0.25, 0.3) is 0 Å². The number of aryl methyl sites for hydroxylation is 1. The Hall–Kier alpha value is -1.36. The number of hydrogen-bond donors (Lipinski definition) is 2. The molecule has 2 N–H and O–H groups in total. The summed E-state index contributed by atoms with van der Waals surface area (Å²) in [5, 5.41) is 5.50. The zero-order valence-electron chi connectivity index (χ0n) is 12.4. The third kappa shape index (κ3) is 4.30. The lowest BCUT2D eigenvalue weighted by molar-refractivity contribution is -0.137. The lowest BCUT2D eigenvalue weighted by atomic mass is 9.86. The molecule has 0 unspecified atom stereocenters. The molecule has 21 heavy (non-hydrogen) atoms. The Morgan fingerprint density at radius 2 is 1.90 bits per heavy atom. The van der Waals surface area contributed by atoms with E-state index in [-0.39, 0.29) is 6.04 Å². The van der Waals surface area contributed by atoms with E-state index in [2.05, 4.69) is 33.5 Å². The van der Waals surface area contributed by atoms with Gasteiger partial charge in [0, 0.05) is 16.2 Å². The summed E-state index contributed by atoms with van der Waals surface area (Å²) in [7, 11) is 0. The predicted molar refractivity (Wildman–Crippen MR) is 87.1 cm³/mol. The van der Waals surface area contributed by atoms with E-state index >= 15 is 0 Å². The van der Waals surface area contributed by atoms with Crippen molar-refractivity contribution >= 4 is 33.4 Å². The zero-order valence-corrected chi connectivity index (χ0v) is 14.0. The predicted octanol–water partition coefficient (Wildman–Crippen LogP) is 3.39. The van der Waals surface area contributed by atoms with Gasteiger partial charge in [0.25, 0.3) is 0 Å². The minimum absolute atomic E-state index is 0.114. The van der Waals surface area contributed by atoms with Gasteiger partial charge in [-0.1, -0.05) is 35.7 Å². The Kier molecular flexibility index (Phi) is 5.39. The lowest BCUT2D eigenvalue weighted by Crippen LogP contribution is -2.45. The number of carbonyl (C=O) groups is 2. The molecule has 2 amide bonds. The second-order valence-corrected chi connectivity index (χ2v) is 6.61. The largest absolute Gasteiger partial charge is 0.345 e. The van der Waals surface area contributed by atoms with Crippen LogP contribution in [0.4, 0.5) is 5.69 Å². The van der Waals surface area contributed by atoms with Crippen LogP contribution in [0, 0.1) is 12.8 Å². The number of benzene rings is 1. The fourth-order valence-electron chi connectivity index (χ4n) is 2.67. The molecule has 2 rings (SSSR count). The van der Waals surface area contributed by atoms with E-state index < -0.39 is 11.8 Å². The Bertz CT molecular complexity index is 545. The molecule has 1 fully saturated rings. The molecule has 5 heteroatoms. The average molecular weight is 353 g/mol. The van der Waals surface area contributed by atoms with E-state index in [4.69, 9.17) is 0 Å². The summed E-state index contributed by atoms with van der Waals surface area (Å²) in [4.78, 5) is 23.9. The van der Waals surface area contributed by atoms with Crippen molar-refractivity contribution < 1.29 is 9.59 Å². The molecule has 0 spiro atoms. The molecule has 0 aromatic heterocycles. The van der Waals surface area contributed by atoms with Crippen LogP contribution in [-0.2, 0) is 9.59 Å². The number of anilines is 1. The monoisotopic (exact) mass is 352 g/mol. The van der Waals surface area contributed by atoms with Gasteiger partial charge in [0.15, 0.2) is 0 Å². The van der Waals surface area contributed by atoms with Crippen LogP contribution < -0.4 is 10.6 Å². The highest BCUT2D eigenvalue weighted by atomic mass is 79.9. The van der Waals surface area contributed by atoms with Gasteiger partial charge >= 0.3 is 11.8 Å². The smallest absolute Gasteiger partial charge is 0.313 e. The van der Waals surface area contributed by atoms with E-state index in [0.717, 1.165) is 29.3 Å². The van der Waals surface area contributed by atoms with Gasteiger partial charge in [-0.25, -0.2) is 0 Å². The van der Waals surface area contributed by atoms with Gasteiger partial charge in [0.05, 0.1) is 0 Å². The van der Waals surface area contributed by atoms with Gasteiger partial charge in [-0.2, -0.15) is 0 Å². The number of carbonyl (C=O) groups excluding carboxylic acids is 2. The second kappa shape index (κ2) is 7.07. The molecule has 1 aromatic rings. The van der Waals surface area contributed by atoms with Crippen LogP contribution in [0.3, 0.4) is 0 Å². The van der Waals surface area contributed by atoms with E-state index in [1.807, 2.05) is 19.1 Å². The Morgan fingerprint density at radius 3 is 2.57 bits per heavy atom. The van der Waals surface area contributed by atoms with Crippen molar-refractivity contribution in [3.8, 4) is 0 Å². The first-order chi connectivity index (χ1) is 9.97. The molecule has 2 atom stereocenters. The average Bonchev–Trinajstić information content (AvgIpc) is 2.45. The zero-order chi connectivity index (χ0) is 15.4. The van der Waals surface area contributed by atoms with Crippen molar-refractivity contribution in [2.24, 2.45) is 5.92 Å². The quantitative estimate of drug-likeness (QED) is 0.801. The fraction of sp³-hybridized carbons (Fsp3) is 0.500. The number of amides is 2. The first kappa shape index (κ1) is 16.0. The summed E-state index contributed by atoms with van der Waals surface area (Å²) in [6, 6.07) is 5.57. The van der Waals surface area contributed by atoms with Gasteiger partial charge in [0.1, 0.15) is 0 Å². The molecule has 114 valence electrons. The van der Waals surface area contributed by atoms with Gasteiger partial charge in [-0.3, -0.25) is 9.59 Å². The van der Waals surface area contributed by atoms with E-state index in [9.17, 15) is 9.59 Å². The van der Waals surface area contributed by atoms with Crippen molar-refractivity contribution in [3.63, 3.8) is 0 Å². The topological polar surface area (TPSA) is 58.2 Å². The Morgan fingerprint density at radius 1 is 1.19 bits per heavy atom. The van der Waals surface area contributed by atoms with E-state index in [0.29, 0.717) is 11.6 Å². The Balaban J connectivity index is 1.93. The summed E-state index contributed by atoms with van der Waals surface area (Å²) in [6.07, 6.45) is 4.39. The third-order valence-corrected chi connectivity index (χ3v) is 4.94. The summed E-state index contributed by atoms with van der Waals surface area (Å²) >= 11 is 3.40. The van der Waals surface area contributed by atoms with Crippen LogP contribution in [0.2, 0.25) is 0 Å². The van der Waals surface area contributed by atoms with Crippen LogP contribution in [0.5, 0.6) is 0 Å². The van der Waals surface area contributed by atoms with Crippen molar-refractivity contribution in [2.75, 3.05) is 5.32 Å². The highest BCUT2D eigenvalue weighted by Crippen LogP contribution is 2.24. The summed E-state index contributed by atoms with van der Waals surface area (Å²) in [5.74, 6) is -0.714. The molecule has 1 saturated carbocycles. The molecule has 0 radical (unpaired) electrons. The maximum Gasteiger partial charge on any atom is 0.313 e. The van der Waals surface area contributed by atoms with Crippen molar-refractivity contribution in [1.82, 2.24) is 5.32 Å². The molecule has 1 aliphatic carbocycles. The standard InChI is InChI=1S/C16H21BrN2O2/c1-10-5-3-4-6-14(10)19-16(21)15(20)18-12-7-8-13(17)11(2)9-12/h7-10,14H,3-6H2,1-2H3,(H,18,20)(H,19,21)/t10-,14+/m1/s1. The van der Waals surface area contributed by atoms with Gasteiger partial charge in [0.2, 0.25) is 0 Å². The number of nitrogens with one attached hydrogen (secondary N) is 2. The molecule has 0 bridgehead atoms. The summed E-state index contributed by atoms with van der Waals surface area (Å²) < 4.78 is 0.973. The Labute approximate surface area is 133 Å². The maximum absolute atomic E-state index is 12.0. The molecule has 1 aliphatic rings. The SMILES string of the molecule is Cc1cc(NC(=O)C(=O)N[C@H]2CCCC[C@H]2C)ccc1Br. The molecular weight excluding hydrogens is 332 g/mol. The van der Waals surface area contributed by atoms with E-state index in [1.165, 1.54) is 6.42 Å². The van der Waals surface area contributed by atoms with Crippen molar-refractivity contribution in [3.05, 3.63) is 28.2 Å². The number of halogens is 1. The summed E-state index contributed by atoms with van der Waals surface area (Å²) in [5.41, 5.74) is 1.64. The minimum atomic E-state index is -0.602. The highest BCUT2D eigenvalue weighted by molar-refractivity contribution is 9.10. The second-order valence-electron chi connectivity index (χ2n) is 5.76. The van der Waals surface area contributed by atoms with Gasteiger partial charge in [-0.15, -0.1) is 0 Å². The molecule has 0 saturated heterocycles. The van der Waals surface area contributed by atoms with Gasteiger partial charge in [-0.05, 0) is 49.4 Å². The minimum Gasteiger partial charge on any atom is -0.345 e. The first-order valence-corrected chi connectivity index (χ1v) is 8.14. The van der Waals surface area contributed by atoms with Crippen LogP contribution in [0.1, 0.15) is 38.2 Å². The van der Waals surface area contributed by atoms with Crippen molar-refractivity contribution in [2.45, 2.75) is 45.6 Å². The molecule has 0 aliphatic heterocycles. The number of hydrogen-bond acceptors (Lipinski definition) is 2. The normalized spacial score (nSPS) is 21.7. The lowest BCUT2D eigenvalue weighted by Gasteiger charge is -2.29. The van der Waals surface area contributed by atoms with Crippen LogP contribution in [0.15, 0.2) is 22.7 Å². The molecule has 1 aromatic carbocycles. The molecule has 0 heterocycles. The maximum atomic E-state index is 12.0. The summed E-state index contributed by atoms with van der Waals surface area (Å²) in [6.45, 7) is 4.06. The molecular formula is C16H21BrN2O2. The highest BCUT2D eigenvalue weighted by Gasteiger charge is 2.25. The van der Waals surface area contributed by atoms with Crippen molar-refractivity contribution in [1.29, 1.82) is 0 Å².